The van der Waals surface area contributed by atoms with Gasteiger partial charge in [0.05, 0.1) is 6.61 Å². The number of ether oxygens (including phenoxy) is 1. The normalized spacial score (nSPS) is 15.2. The number of piperidine rings is 1. The quantitative estimate of drug-likeness (QED) is 0.715. The molecule has 1 aromatic heterocycles. The van der Waals surface area contributed by atoms with Crippen LogP contribution in [0.4, 0.5) is 0 Å². The number of amides is 1. The molecule has 3 rings (SSSR count). The molecule has 1 amide bonds. The minimum Gasteiger partial charge on any atom is -0.377 e. The van der Waals surface area contributed by atoms with Crippen LogP contribution in [0.5, 0.6) is 0 Å². The van der Waals surface area contributed by atoms with Gasteiger partial charge in [-0.15, -0.1) is 0 Å². The standard InChI is InChI=1S/C21H27N3O2/c1-17-14-22-16-23-21(17)19-9-11-24(12-10-19)20(25)8-5-13-26-15-18-6-3-2-4-7-18/h2-4,6-7,14,16,19H,5,8-13,15H2,1H3. The van der Waals surface area contributed by atoms with E-state index >= 15 is 0 Å². The lowest BCUT2D eigenvalue weighted by Crippen LogP contribution is -2.38. The Morgan fingerprint density at radius 3 is 2.73 bits per heavy atom. The second kappa shape index (κ2) is 9.43. The molecule has 2 aromatic rings. The van der Waals surface area contributed by atoms with Crippen molar-refractivity contribution in [3.8, 4) is 0 Å². The van der Waals surface area contributed by atoms with Gasteiger partial charge in [-0.05, 0) is 37.3 Å². The highest BCUT2D eigenvalue weighted by Crippen LogP contribution is 2.28. The van der Waals surface area contributed by atoms with Crippen LogP contribution in [-0.4, -0.2) is 40.5 Å². The Bertz CT molecular complexity index is 697. The van der Waals surface area contributed by atoms with Crippen LogP contribution in [-0.2, 0) is 16.1 Å². The van der Waals surface area contributed by atoms with Gasteiger partial charge in [0, 0.05) is 43.9 Å². The molecular weight excluding hydrogens is 326 g/mol. The summed E-state index contributed by atoms with van der Waals surface area (Å²) in [5.74, 6) is 0.683. The van der Waals surface area contributed by atoms with E-state index in [2.05, 4.69) is 29.0 Å². The summed E-state index contributed by atoms with van der Waals surface area (Å²) in [5, 5.41) is 0. The van der Waals surface area contributed by atoms with Crippen molar-refractivity contribution in [1.82, 2.24) is 14.9 Å². The van der Waals surface area contributed by atoms with Crippen molar-refractivity contribution in [2.24, 2.45) is 0 Å². The first kappa shape index (κ1) is 18.5. The molecule has 5 heteroatoms. The topological polar surface area (TPSA) is 55.3 Å². The molecule has 0 atom stereocenters. The third kappa shape index (κ3) is 5.11. The number of benzene rings is 1. The van der Waals surface area contributed by atoms with Crippen LogP contribution >= 0.6 is 0 Å². The number of rotatable bonds is 7. The molecule has 0 saturated carbocycles. The molecule has 0 N–H and O–H groups in total. The molecule has 0 radical (unpaired) electrons. The van der Waals surface area contributed by atoms with Gasteiger partial charge in [-0.2, -0.15) is 0 Å². The average molecular weight is 353 g/mol. The Morgan fingerprint density at radius 1 is 1.23 bits per heavy atom. The Kier molecular flexibility index (Phi) is 6.72. The fourth-order valence-corrected chi connectivity index (χ4v) is 3.49. The number of likely N-dealkylation sites (tertiary alicyclic amines) is 1. The Labute approximate surface area is 155 Å². The molecule has 0 spiro atoms. The summed E-state index contributed by atoms with van der Waals surface area (Å²) in [4.78, 5) is 22.9. The van der Waals surface area contributed by atoms with Crippen LogP contribution in [0.25, 0.3) is 0 Å². The number of hydrogen-bond acceptors (Lipinski definition) is 4. The molecule has 2 heterocycles. The second-order valence-corrected chi connectivity index (χ2v) is 6.89. The minimum absolute atomic E-state index is 0.242. The molecule has 1 aliphatic rings. The van der Waals surface area contributed by atoms with Crippen LogP contribution in [0.3, 0.4) is 0 Å². The molecule has 1 aliphatic heterocycles. The average Bonchev–Trinajstić information content (AvgIpc) is 2.69. The van der Waals surface area contributed by atoms with Crippen molar-refractivity contribution in [1.29, 1.82) is 0 Å². The molecule has 0 bridgehead atoms. The highest BCUT2D eigenvalue weighted by Gasteiger charge is 2.25. The van der Waals surface area contributed by atoms with E-state index in [0.717, 1.165) is 43.6 Å². The first-order valence-electron chi connectivity index (χ1n) is 9.40. The fraction of sp³-hybridized carbons (Fsp3) is 0.476. The van der Waals surface area contributed by atoms with E-state index in [1.165, 1.54) is 5.56 Å². The maximum absolute atomic E-state index is 12.4. The minimum atomic E-state index is 0.242. The van der Waals surface area contributed by atoms with Crippen molar-refractivity contribution in [2.45, 2.75) is 45.1 Å². The van der Waals surface area contributed by atoms with Crippen molar-refractivity contribution in [3.63, 3.8) is 0 Å². The summed E-state index contributed by atoms with van der Waals surface area (Å²) < 4.78 is 5.66. The van der Waals surface area contributed by atoms with Gasteiger partial charge in [-0.3, -0.25) is 4.79 Å². The third-order valence-electron chi connectivity index (χ3n) is 4.96. The highest BCUT2D eigenvalue weighted by atomic mass is 16.5. The Hall–Kier alpha value is -2.27. The summed E-state index contributed by atoms with van der Waals surface area (Å²) in [6.45, 7) is 4.92. The zero-order valence-corrected chi connectivity index (χ0v) is 15.4. The molecular formula is C21H27N3O2. The number of aryl methyl sites for hydroxylation is 1. The first-order valence-corrected chi connectivity index (χ1v) is 9.40. The van der Waals surface area contributed by atoms with Gasteiger partial charge in [0.15, 0.2) is 0 Å². The molecule has 5 nitrogen and oxygen atoms in total. The summed E-state index contributed by atoms with van der Waals surface area (Å²) in [7, 11) is 0. The van der Waals surface area contributed by atoms with E-state index in [9.17, 15) is 4.79 Å². The number of nitrogens with zero attached hydrogens (tertiary/aromatic N) is 3. The van der Waals surface area contributed by atoms with Gasteiger partial charge >= 0.3 is 0 Å². The lowest BCUT2D eigenvalue weighted by atomic mass is 9.91. The third-order valence-corrected chi connectivity index (χ3v) is 4.96. The van der Waals surface area contributed by atoms with E-state index in [1.54, 1.807) is 6.33 Å². The summed E-state index contributed by atoms with van der Waals surface area (Å²) in [5.41, 5.74) is 3.45. The van der Waals surface area contributed by atoms with Gasteiger partial charge in [-0.25, -0.2) is 9.97 Å². The predicted molar refractivity (Wildman–Crippen MR) is 101 cm³/mol. The van der Waals surface area contributed by atoms with Gasteiger partial charge in [0.1, 0.15) is 6.33 Å². The van der Waals surface area contributed by atoms with E-state index < -0.39 is 0 Å². The summed E-state index contributed by atoms with van der Waals surface area (Å²) >= 11 is 0. The Morgan fingerprint density at radius 2 is 2.00 bits per heavy atom. The van der Waals surface area contributed by atoms with Crippen molar-refractivity contribution >= 4 is 5.91 Å². The van der Waals surface area contributed by atoms with E-state index in [-0.39, 0.29) is 5.91 Å². The second-order valence-electron chi connectivity index (χ2n) is 6.89. The molecule has 138 valence electrons. The zero-order valence-electron chi connectivity index (χ0n) is 15.4. The van der Waals surface area contributed by atoms with Crippen molar-refractivity contribution in [2.75, 3.05) is 19.7 Å². The predicted octanol–water partition coefficient (Wildman–Crippen LogP) is 3.49. The zero-order chi connectivity index (χ0) is 18.2. The van der Waals surface area contributed by atoms with Crippen LogP contribution in [0, 0.1) is 6.92 Å². The summed E-state index contributed by atoms with van der Waals surface area (Å²) in [6.07, 6.45) is 6.79. The van der Waals surface area contributed by atoms with Gasteiger partial charge in [0.2, 0.25) is 5.91 Å². The molecule has 0 unspecified atom stereocenters. The molecule has 1 aromatic carbocycles. The highest BCUT2D eigenvalue weighted by molar-refractivity contribution is 5.76. The maximum Gasteiger partial charge on any atom is 0.222 e. The van der Waals surface area contributed by atoms with Gasteiger partial charge < -0.3 is 9.64 Å². The maximum atomic E-state index is 12.4. The first-order chi connectivity index (χ1) is 12.7. The molecule has 0 aliphatic carbocycles. The van der Waals surface area contributed by atoms with Crippen LogP contribution in [0.15, 0.2) is 42.9 Å². The monoisotopic (exact) mass is 353 g/mol. The Balaban J connectivity index is 1.34. The molecule has 1 saturated heterocycles. The van der Waals surface area contributed by atoms with Crippen LogP contribution in [0.2, 0.25) is 0 Å². The number of hydrogen-bond donors (Lipinski definition) is 0. The molecule has 26 heavy (non-hydrogen) atoms. The van der Waals surface area contributed by atoms with Gasteiger partial charge in [0.25, 0.3) is 0 Å². The summed E-state index contributed by atoms with van der Waals surface area (Å²) in [6, 6.07) is 10.1. The smallest absolute Gasteiger partial charge is 0.222 e. The lowest BCUT2D eigenvalue weighted by Gasteiger charge is -2.32. The van der Waals surface area contributed by atoms with Crippen LogP contribution in [0.1, 0.15) is 48.4 Å². The number of carbonyl (C=O) groups excluding carboxylic acids is 1. The van der Waals surface area contributed by atoms with E-state index in [1.807, 2.05) is 29.3 Å². The lowest BCUT2D eigenvalue weighted by molar-refractivity contribution is -0.132. The van der Waals surface area contributed by atoms with Crippen LogP contribution < -0.4 is 0 Å². The SMILES string of the molecule is Cc1cncnc1C1CCN(C(=O)CCCOCc2ccccc2)CC1. The van der Waals surface area contributed by atoms with Crippen molar-refractivity contribution in [3.05, 3.63) is 59.7 Å². The van der Waals surface area contributed by atoms with Crippen molar-refractivity contribution < 1.29 is 9.53 Å². The number of aromatic nitrogens is 2. The van der Waals surface area contributed by atoms with E-state index in [4.69, 9.17) is 4.74 Å². The van der Waals surface area contributed by atoms with Gasteiger partial charge in [-0.1, -0.05) is 30.3 Å². The molecule has 1 fully saturated rings. The van der Waals surface area contributed by atoms with E-state index in [0.29, 0.717) is 25.6 Å². The number of carbonyl (C=O) groups is 1. The largest absolute Gasteiger partial charge is 0.377 e. The fourth-order valence-electron chi connectivity index (χ4n) is 3.49.